The fourth-order valence-corrected chi connectivity index (χ4v) is 3.06. The van der Waals surface area contributed by atoms with E-state index in [1.54, 1.807) is 6.20 Å². The SMILES string of the molecule is O=C(O)C1(Cc2ccccn2)CCc2ccccc2C1. The highest BCUT2D eigenvalue weighted by Crippen LogP contribution is 2.38. The number of carboxylic acids is 1. The van der Waals surface area contributed by atoms with E-state index in [0.717, 1.165) is 17.7 Å². The number of rotatable bonds is 3. The maximum Gasteiger partial charge on any atom is 0.310 e. The molecule has 20 heavy (non-hydrogen) atoms. The molecule has 0 amide bonds. The van der Waals surface area contributed by atoms with Gasteiger partial charge in [-0.05, 0) is 42.5 Å². The van der Waals surface area contributed by atoms with Crippen molar-refractivity contribution in [1.82, 2.24) is 4.98 Å². The first-order valence-corrected chi connectivity index (χ1v) is 6.90. The summed E-state index contributed by atoms with van der Waals surface area (Å²) in [5.41, 5.74) is 2.58. The van der Waals surface area contributed by atoms with E-state index in [1.807, 2.05) is 36.4 Å². The fraction of sp³-hybridized carbons (Fsp3) is 0.294. The van der Waals surface area contributed by atoms with Crippen molar-refractivity contribution in [3.63, 3.8) is 0 Å². The van der Waals surface area contributed by atoms with E-state index in [2.05, 4.69) is 11.1 Å². The number of hydrogen-bond donors (Lipinski definition) is 1. The minimum atomic E-state index is -0.720. The number of pyridine rings is 1. The Balaban J connectivity index is 1.93. The van der Waals surface area contributed by atoms with Gasteiger partial charge in [0.05, 0.1) is 5.41 Å². The summed E-state index contributed by atoms with van der Waals surface area (Å²) in [5.74, 6) is -0.711. The van der Waals surface area contributed by atoms with Gasteiger partial charge in [0.25, 0.3) is 0 Å². The maximum atomic E-state index is 11.9. The molecule has 1 aliphatic carbocycles. The molecule has 0 aliphatic heterocycles. The highest BCUT2D eigenvalue weighted by atomic mass is 16.4. The Hall–Kier alpha value is -2.16. The van der Waals surface area contributed by atoms with Gasteiger partial charge >= 0.3 is 5.97 Å². The Kier molecular flexibility index (Phi) is 3.26. The van der Waals surface area contributed by atoms with E-state index in [-0.39, 0.29) is 0 Å². The number of aliphatic carboxylic acids is 1. The van der Waals surface area contributed by atoms with Crippen LogP contribution in [0.4, 0.5) is 0 Å². The largest absolute Gasteiger partial charge is 0.481 e. The number of fused-ring (bicyclic) bond motifs is 1. The van der Waals surface area contributed by atoms with Gasteiger partial charge in [-0.25, -0.2) is 0 Å². The molecule has 2 aromatic rings. The van der Waals surface area contributed by atoms with Gasteiger partial charge in [0.1, 0.15) is 0 Å². The fourth-order valence-electron chi connectivity index (χ4n) is 3.06. The van der Waals surface area contributed by atoms with Gasteiger partial charge in [-0.1, -0.05) is 30.3 Å². The lowest BCUT2D eigenvalue weighted by molar-refractivity contribution is -0.149. The summed E-state index contributed by atoms with van der Waals surface area (Å²) in [6, 6.07) is 13.8. The summed E-state index contributed by atoms with van der Waals surface area (Å²) >= 11 is 0. The number of aryl methyl sites for hydroxylation is 1. The quantitative estimate of drug-likeness (QED) is 0.930. The van der Waals surface area contributed by atoms with E-state index in [4.69, 9.17) is 0 Å². The topological polar surface area (TPSA) is 50.2 Å². The van der Waals surface area contributed by atoms with Crippen molar-refractivity contribution >= 4 is 5.97 Å². The van der Waals surface area contributed by atoms with Gasteiger partial charge < -0.3 is 5.11 Å². The molecule has 0 saturated heterocycles. The average Bonchev–Trinajstić information content (AvgIpc) is 2.48. The maximum absolute atomic E-state index is 11.9. The normalized spacial score (nSPS) is 21.2. The third kappa shape index (κ3) is 2.31. The molecule has 3 heteroatoms. The smallest absolute Gasteiger partial charge is 0.310 e. The van der Waals surface area contributed by atoms with E-state index < -0.39 is 11.4 Å². The molecule has 1 aromatic carbocycles. The molecule has 0 fully saturated rings. The summed E-state index contributed by atoms with van der Waals surface area (Å²) in [6.07, 6.45) is 4.32. The number of hydrogen-bond acceptors (Lipinski definition) is 2. The van der Waals surface area contributed by atoms with E-state index in [1.165, 1.54) is 5.56 Å². The molecule has 1 unspecified atom stereocenters. The Labute approximate surface area is 118 Å². The Bertz CT molecular complexity index is 624. The molecule has 1 heterocycles. The van der Waals surface area contributed by atoms with Gasteiger partial charge in [-0.3, -0.25) is 9.78 Å². The zero-order chi connectivity index (χ0) is 14.0. The predicted octanol–water partition coefficient (Wildman–Crippen LogP) is 2.88. The van der Waals surface area contributed by atoms with Crippen LogP contribution in [0, 0.1) is 5.41 Å². The first kappa shape index (κ1) is 12.9. The highest BCUT2D eigenvalue weighted by molar-refractivity contribution is 5.76. The minimum Gasteiger partial charge on any atom is -0.481 e. The molecule has 0 spiro atoms. The zero-order valence-corrected chi connectivity index (χ0v) is 11.2. The van der Waals surface area contributed by atoms with Gasteiger partial charge in [-0.15, -0.1) is 0 Å². The molecule has 1 N–H and O–H groups in total. The summed E-state index contributed by atoms with van der Waals surface area (Å²) < 4.78 is 0. The van der Waals surface area contributed by atoms with Crippen molar-refractivity contribution in [2.75, 3.05) is 0 Å². The van der Waals surface area contributed by atoms with Crippen LogP contribution < -0.4 is 0 Å². The van der Waals surface area contributed by atoms with Crippen LogP contribution >= 0.6 is 0 Å². The van der Waals surface area contributed by atoms with Crippen LogP contribution in [-0.4, -0.2) is 16.1 Å². The van der Waals surface area contributed by atoms with Crippen LogP contribution in [0.25, 0.3) is 0 Å². The first-order valence-electron chi connectivity index (χ1n) is 6.90. The molecule has 0 saturated carbocycles. The molecule has 102 valence electrons. The second kappa shape index (κ2) is 5.08. The number of carboxylic acid groups (broad SMARTS) is 1. The molecule has 1 aromatic heterocycles. The van der Waals surface area contributed by atoms with Crippen molar-refractivity contribution in [3.8, 4) is 0 Å². The highest BCUT2D eigenvalue weighted by Gasteiger charge is 2.41. The van der Waals surface area contributed by atoms with Crippen molar-refractivity contribution < 1.29 is 9.90 Å². The molecular weight excluding hydrogens is 250 g/mol. The summed E-state index contributed by atoms with van der Waals surface area (Å²) in [5, 5.41) is 9.75. The summed E-state index contributed by atoms with van der Waals surface area (Å²) in [4.78, 5) is 16.2. The number of benzene rings is 1. The second-order valence-corrected chi connectivity index (χ2v) is 5.53. The Morgan fingerprint density at radius 2 is 1.90 bits per heavy atom. The third-order valence-electron chi connectivity index (χ3n) is 4.22. The van der Waals surface area contributed by atoms with Gasteiger partial charge in [0.2, 0.25) is 0 Å². The first-order chi connectivity index (χ1) is 9.70. The molecule has 3 nitrogen and oxygen atoms in total. The zero-order valence-electron chi connectivity index (χ0n) is 11.2. The standard InChI is InChI=1S/C17H17NO2/c19-16(20)17(12-15-7-3-4-10-18-15)9-8-13-5-1-2-6-14(13)11-17/h1-7,10H,8-9,11-12H2,(H,19,20). The van der Waals surface area contributed by atoms with Crippen LogP contribution in [0.5, 0.6) is 0 Å². The van der Waals surface area contributed by atoms with Gasteiger partial charge in [0.15, 0.2) is 0 Å². The van der Waals surface area contributed by atoms with Crippen molar-refractivity contribution in [3.05, 3.63) is 65.5 Å². The number of nitrogens with zero attached hydrogens (tertiary/aromatic N) is 1. The summed E-state index contributed by atoms with van der Waals surface area (Å²) in [7, 11) is 0. The van der Waals surface area contributed by atoms with Crippen molar-refractivity contribution in [1.29, 1.82) is 0 Å². The van der Waals surface area contributed by atoms with E-state index in [9.17, 15) is 9.90 Å². The van der Waals surface area contributed by atoms with Crippen LogP contribution in [-0.2, 0) is 24.1 Å². The minimum absolute atomic E-state index is 0.498. The monoisotopic (exact) mass is 267 g/mol. The third-order valence-corrected chi connectivity index (χ3v) is 4.22. The molecule has 0 bridgehead atoms. The Morgan fingerprint density at radius 1 is 1.15 bits per heavy atom. The van der Waals surface area contributed by atoms with Gasteiger partial charge in [0, 0.05) is 18.3 Å². The summed E-state index contributed by atoms with van der Waals surface area (Å²) in [6.45, 7) is 0. The van der Waals surface area contributed by atoms with Crippen LogP contribution in [0.15, 0.2) is 48.7 Å². The van der Waals surface area contributed by atoms with Gasteiger partial charge in [-0.2, -0.15) is 0 Å². The average molecular weight is 267 g/mol. The lowest BCUT2D eigenvalue weighted by Gasteiger charge is -2.34. The van der Waals surface area contributed by atoms with Crippen LogP contribution in [0.2, 0.25) is 0 Å². The van der Waals surface area contributed by atoms with Crippen molar-refractivity contribution in [2.24, 2.45) is 5.41 Å². The number of carbonyl (C=O) groups is 1. The molecule has 1 aliphatic rings. The Morgan fingerprint density at radius 3 is 2.60 bits per heavy atom. The van der Waals surface area contributed by atoms with Crippen molar-refractivity contribution in [2.45, 2.75) is 25.7 Å². The number of aromatic nitrogens is 1. The molecule has 0 radical (unpaired) electrons. The van der Waals surface area contributed by atoms with E-state index >= 15 is 0 Å². The second-order valence-electron chi connectivity index (χ2n) is 5.53. The van der Waals surface area contributed by atoms with E-state index in [0.29, 0.717) is 19.3 Å². The lowest BCUT2D eigenvalue weighted by Crippen LogP contribution is -2.39. The predicted molar refractivity (Wildman–Crippen MR) is 76.5 cm³/mol. The van der Waals surface area contributed by atoms with Crippen LogP contribution in [0.1, 0.15) is 23.2 Å². The molecular formula is C17H17NO2. The molecule has 1 atom stereocenters. The van der Waals surface area contributed by atoms with Crippen LogP contribution in [0.3, 0.4) is 0 Å². The lowest BCUT2D eigenvalue weighted by atomic mass is 9.69. The molecule has 3 rings (SSSR count).